The number of thioether (sulfide) groups is 1. The molecule has 4 rings (SSSR count). The van der Waals surface area contributed by atoms with Crippen molar-refractivity contribution in [3.63, 3.8) is 0 Å². The highest BCUT2D eigenvalue weighted by atomic mass is 35.5. The molecule has 0 aliphatic heterocycles. The average Bonchev–Trinajstić information content (AvgIpc) is 3.17. The third kappa shape index (κ3) is 4.34. The van der Waals surface area contributed by atoms with Gasteiger partial charge in [0.05, 0.1) is 5.75 Å². The Morgan fingerprint density at radius 1 is 0.966 bits per heavy atom. The van der Waals surface area contributed by atoms with Crippen LogP contribution in [0.3, 0.4) is 0 Å². The zero-order valence-electron chi connectivity index (χ0n) is 15.3. The number of nitrogens with two attached hydrogens (primary N) is 1. The first kappa shape index (κ1) is 19.2. The minimum Gasteiger partial charge on any atom is -0.399 e. The van der Waals surface area contributed by atoms with Crippen LogP contribution in [-0.4, -0.2) is 26.3 Å². The van der Waals surface area contributed by atoms with Crippen molar-refractivity contribution in [2.45, 2.75) is 5.16 Å². The van der Waals surface area contributed by atoms with E-state index in [1.165, 1.54) is 11.8 Å². The fourth-order valence-corrected chi connectivity index (χ4v) is 3.86. The topological polar surface area (TPSA) is 73.8 Å². The van der Waals surface area contributed by atoms with Crippen molar-refractivity contribution in [3.05, 3.63) is 89.4 Å². The summed E-state index contributed by atoms with van der Waals surface area (Å²) in [6, 6.07) is 24.2. The number of aromatic nitrogens is 3. The van der Waals surface area contributed by atoms with Crippen LogP contribution in [0.25, 0.3) is 17.1 Å². The molecule has 0 bridgehead atoms. The van der Waals surface area contributed by atoms with Gasteiger partial charge in [-0.25, -0.2) is 0 Å². The third-order valence-electron chi connectivity index (χ3n) is 4.29. The number of hydrogen-bond donors (Lipinski definition) is 1. The van der Waals surface area contributed by atoms with Gasteiger partial charge in [0.1, 0.15) is 0 Å². The van der Waals surface area contributed by atoms with Crippen molar-refractivity contribution in [2.24, 2.45) is 0 Å². The Labute approximate surface area is 177 Å². The largest absolute Gasteiger partial charge is 0.399 e. The Balaban J connectivity index is 1.66. The van der Waals surface area contributed by atoms with E-state index in [9.17, 15) is 4.79 Å². The van der Waals surface area contributed by atoms with Crippen molar-refractivity contribution < 1.29 is 4.79 Å². The maximum atomic E-state index is 12.6. The van der Waals surface area contributed by atoms with E-state index in [-0.39, 0.29) is 11.5 Å². The third-order valence-corrected chi connectivity index (χ3v) is 5.47. The van der Waals surface area contributed by atoms with Gasteiger partial charge in [-0.15, -0.1) is 10.2 Å². The molecule has 0 radical (unpaired) electrons. The second-order valence-electron chi connectivity index (χ2n) is 6.32. The summed E-state index contributed by atoms with van der Waals surface area (Å²) in [5.74, 6) is 0.911. The molecule has 144 valence electrons. The Kier molecular flexibility index (Phi) is 5.64. The molecule has 29 heavy (non-hydrogen) atoms. The SMILES string of the molecule is Nc1cccc(-c2nnc(SCC(=O)c3ccc(Cl)cc3)n2-c2ccccc2)c1. The van der Waals surface area contributed by atoms with E-state index in [2.05, 4.69) is 10.2 Å². The van der Waals surface area contributed by atoms with Gasteiger partial charge in [0, 0.05) is 27.5 Å². The highest BCUT2D eigenvalue weighted by Gasteiger charge is 2.18. The van der Waals surface area contributed by atoms with Gasteiger partial charge in [-0.1, -0.05) is 53.7 Å². The first-order valence-electron chi connectivity index (χ1n) is 8.90. The quantitative estimate of drug-likeness (QED) is 0.265. The molecule has 0 saturated carbocycles. The summed E-state index contributed by atoms with van der Waals surface area (Å²) in [5, 5.41) is 9.95. The predicted molar refractivity (Wildman–Crippen MR) is 118 cm³/mol. The van der Waals surface area contributed by atoms with Gasteiger partial charge in [-0.3, -0.25) is 9.36 Å². The number of benzene rings is 3. The Bertz CT molecular complexity index is 1140. The van der Waals surface area contributed by atoms with Crippen LogP contribution < -0.4 is 5.73 Å². The first-order valence-corrected chi connectivity index (χ1v) is 10.3. The fourth-order valence-electron chi connectivity index (χ4n) is 2.89. The molecule has 0 aliphatic carbocycles. The van der Waals surface area contributed by atoms with Crippen molar-refractivity contribution in [3.8, 4) is 17.1 Å². The molecule has 0 aliphatic rings. The van der Waals surface area contributed by atoms with Gasteiger partial charge in [-0.2, -0.15) is 0 Å². The lowest BCUT2D eigenvalue weighted by atomic mass is 10.1. The zero-order valence-corrected chi connectivity index (χ0v) is 16.9. The molecular formula is C22H17ClN4OS. The van der Waals surface area contributed by atoms with Crippen molar-refractivity contribution in [1.82, 2.24) is 14.8 Å². The average molecular weight is 421 g/mol. The van der Waals surface area contributed by atoms with Crippen LogP contribution >= 0.6 is 23.4 Å². The monoisotopic (exact) mass is 420 g/mol. The number of para-hydroxylation sites is 1. The Morgan fingerprint density at radius 2 is 1.72 bits per heavy atom. The summed E-state index contributed by atoms with van der Waals surface area (Å²) in [6.07, 6.45) is 0. The fraction of sp³-hybridized carbons (Fsp3) is 0.0455. The molecule has 0 amide bonds. The molecule has 1 aromatic heterocycles. The number of nitrogen functional groups attached to an aromatic ring is 1. The van der Waals surface area contributed by atoms with Gasteiger partial charge in [0.25, 0.3) is 0 Å². The van der Waals surface area contributed by atoms with Crippen LogP contribution in [0.15, 0.2) is 84.0 Å². The van der Waals surface area contributed by atoms with Gasteiger partial charge in [-0.05, 0) is 48.5 Å². The number of carbonyl (C=O) groups is 1. The van der Waals surface area contributed by atoms with Crippen LogP contribution in [0.4, 0.5) is 5.69 Å². The normalized spacial score (nSPS) is 10.8. The summed E-state index contributed by atoms with van der Waals surface area (Å²) in [7, 11) is 0. The smallest absolute Gasteiger partial charge is 0.196 e. The molecule has 1 heterocycles. The molecule has 0 unspecified atom stereocenters. The second-order valence-corrected chi connectivity index (χ2v) is 7.70. The lowest BCUT2D eigenvalue weighted by Crippen LogP contribution is -2.05. The van der Waals surface area contributed by atoms with E-state index in [0.717, 1.165) is 11.3 Å². The van der Waals surface area contributed by atoms with Gasteiger partial charge in [0.2, 0.25) is 0 Å². The highest BCUT2D eigenvalue weighted by molar-refractivity contribution is 7.99. The van der Waals surface area contributed by atoms with Gasteiger partial charge in [0.15, 0.2) is 16.8 Å². The summed E-state index contributed by atoms with van der Waals surface area (Å²) >= 11 is 7.25. The van der Waals surface area contributed by atoms with Crippen LogP contribution in [-0.2, 0) is 0 Å². The number of anilines is 1. The molecular weight excluding hydrogens is 404 g/mol. The first-order chi connectivity index (χ1) is 14.1. The van der Waals surface area contributed by atoms with Crippen LogP contribution in [0.1, 0.15) is 10.4 Å². The number of nitrogens with zero attached hydrogens (tertiary/aromatic N) is 3. The molecule has 7 heteroatoms. The maximum Gasteiger partial charge on any atom is 0.196 e. The molecule has 4 aromatic rings. The standard InChI is InChI=1S/C22H17ClN4OS/c23-17-11-9-15(10-12-17)20(28)14-29-22-26-25-21(16-5-4-6-18(24)13-16)27(22)19-7-2-1-3-8-19/h1-13H,14,24H2. The summed E-state index contributed by atoms with van der Waals surface area (Å²) in [5.41, 5.74) is 8.98. The zero-order chi connectivity index (χ0) is 20.2. The number of hydrogen-bond acceptors (Lipinski definition) is 5. The second kappa shape index (κ2) is 8.51. The molecule has 0 spiro atoms. The number of halogens is 1. The minimum atomic E-state index is -0.000200. The van der Waals surface area contributed by atoms with Crippen LogP contribution in [0.5, 0.6) is 0 Å². The Morgan fingerprint density at radius 3 is 2.45 bits per heavy atom. The molecule has 0 atom stereocenters. The number of ketones is 1. The van der Waals surface area contributed by atoms with Crippen molar-refractivity contribution in [1.29, 1.82) is 0 Å². The lowest BCUT2D eigenvalue weighted by molar-refractivity contribution is 0.102. The van der Waals surface area contributed by atoms with E-state index in [4.69, 9.17) is 17.3 Å². The van der Waals surface area contributed by atoms with Gasteiger partial charge < -0.3 is 5.73 Å². The number of rotatable bonds is 6. The lowest BCUT2D eigenvalue weighted by Gasteiger charge is -2.10. The van der Waals surface area contributed by atoms with Crippen LogP contribution in [0, 0.1) is 0 Å². The number of carbonyl (C=O) groups excluding carboxylic acids is 1. The van der Waals surface area contributed by atoms with Crippen LogP contribution in [0.2, 0.25) is 5.02 Å². The molecule has 3 aromatic carbocycles. The van der Waals surface area contributed by atoms with E-state index in [1.807, 2.05) is 59.2 Å². The summed E-state index contributed by atoms with van der Waals surface area (Å²) < 4.78 is 1.94. The predicted octanol–water partition coefficient (Wildman–Crippen LogP) is 5.14. The molecule has 0 saturated heterocycles. The van der Waals surface area contributed by atoms with E-state index >= 15 is 0 Å². The molecule has 5 nitrogen and oxygen atoms in total. The van der Waals surface area contributed by atoms with E-state index in [1.54, 1.807) is 24.3 Å². The van der Waals surface area contributed by atoms with Crippen molar-refractivity contribution >= 4 is 34.8 Å². The van der Waals surface area contributed by atoms with E-state index < -0.39 is 0 Å². The van der Waals surface area contributed by atoms with Crippen molar-refractivity contribution in [2.75, 3.05) is 11.5 Å². The molecule has 2 N–H and O–H groups in total. The van der Waals surface area contributed by atoms with E-state index in [0.29, 0.717) is 27.3 Å². The molecule has 0 fully saturated rings. The minimum absolute atomic E-state index is 0.000200. The van der Waals surface area contributed by atoms with Gasteiger partial charge >= 0.3 is 0 Å². The Hall–Kier alpha value is -3.09. The summed E-state index contributed by atoms with van der Waals surface area (Å²) in [4.78, 5) is 12.6. The number of Topliss-reactive ketones (excluding diaryl/α,β-unsaturated/α-hetero) is 1. The highest BCUT2D eigenvalue weighted by Crippen LogP contribution is 2.29. The summed E-state index contributed by atoms with van der Waals surface area (Å²) in [6.45, 7) is 0. The maximum absolute atomic E-state index is 12.6.